The van der Waals surface area contributed by atoms with Gasteiger partial charge < -0.3 is 15.1 Å². The molecule has 2 aromatic carbocycles. The Hall–Kier alpha value is -1.72. The number of piperazine rings is 1. The van der Waals surface area contributed by atoms with Crippen molar-refractivity contribution in [1.82, 2.24) is 10.2 Å². The number of rotatable bonds is 3. The molecule has 4 nitrogen and oxygen atoms in total. The number of hydrogen-bond acceptors (Lipinski definition) is 2. The fourth-order valence-corrected chi connectivity index (χ4v) is 3.92. The van der Waals surface area contributed by atoms with Crippen LogP contribution >= 0.6 is 27.5 Å². The molecule has 1 unspecified atom stereocenters. The summed E-state index contributed by atoms with van der Waals surface area (Å²) in [5.74, 6) is 0. The number of para-hydroxylation sites is 1. The van der Waals surface area contributed by atoms with Crippen molar-refractivity contribution in [2.24, 2.45) is 0 Å². The van der Waals surface area contributed by atoms with Gasteiger partial charge in [-0.1, -0.05) is 57.9 Å². The van der Waals surface area contributed by atoms with Crippen LogP contribution in [0.2, 0.25) is 5.02 Å². The Morgan fingerprint density at radius 1 is 1.08 bits per heavy atom. The maximum absolute atomic E-state index is 12.6. The number of urea groups is 1. The Morgan fingerprint density at radius 2 is 1.72 bits per heavy atom. The van der Waals surface area contributed by atoms with Gasteiger partial charge in [0.15, 0.2) is 0 Å². The molecule has 25 heavy (non-hydrogen) atoms. The fourth-order valence-electron chi connectivity index (χ4n) is 3.04. The molecule has 1 aliphatic heterocycles. The fraction of sp³-hybridized carbons (Fsp3) is 0.316. The minimum Gasteiger partial charge on any atom is -0.367 e. The molecule has 1 heterocycles. The van der Waals surface area contributed by atoms with E-state index in [0.717, 1.165) is 33.8 Å². The lowest BCUT2D eigenvalue weighted by atomic mass is 10.1. The van der Waals surface area contributed by atoms with Crippen LogP contribution in [-0.2, 0) is 0 Å². The highest BCUT2D eigenvalue weighted by atomic mass is 79.9. The molecule has 1 saturated heterocycles. The van der Waals surface area contributed by atoms with Crippen LogP contribution in [0.1, 0.15) is 18.5 Å². The minimum absolute atomic E-state index is 0.0259. The summed E-state index contributed by atoms with van der Waals surface area (Å²) >= 11 is 9.81. The summed E-state index contributed by atoms with van der Waals surface area (Å²) in [5, 5.41) is 3.84. The van der Waals surface area contributed by atoms with Crippen molar-refractivity contribution < 1.29 is 4.79 Å². The van der Waals surface area contributed by atoms with E-state index in [9.17, 15) is 4.79 Å². The van der Waals surface area contributed by atoms with Crippen molar-refractivity contribution in [1.29, 1.82) is 0 Å². The number of nitrogens with zero attached hydrogens (tertiary/aromatic N) is 2. The zero-order valence-electron chi connectivity index (χ0n) is 14.1. The van der Waals surface area contributed by atoms with Crippen molar-refractivity contribution >= 4 is 39.2 Å². The third-order valence-electron chi connectivity index (χ3n) is 4.47. The van der Waals surface area contributed by atoms with E-state index in [2.05, 4.69) is 26.1 Å². The number of anilines is 1. The van der Waals surface area contributed by atoms with Crippen LogP contribution < -0.4 is 10.2 Å². The lowest BCUT2D eigenvalue weighted by molar-refractivity contribution is 0.191. The van der Waals surface area contributed by atoms with Gasteiger partial charge in [0.25, 0.3) is 0 Å². The summed E-state index contributed by atoms with van der Waals surface area (Å²) in [4.78, 5) is 16.6. The first-order chi connectivity index (χ1) is 12.1. The summed E-state index contributed by atoms with van der Waals surface area (Å²) < 4.78 is 1.01. The van der Waals surface area contributed by atoms with Crippen LogP contribution in [0.3, 0.4) is 0 Å². The molecule has 2 amide bonds. The van der Waals surface area contributed by atoms with Crippen LogP contribution in [0.15, 0.2) is 53.0 Å². The van der Waals surface area contributed by atoms with Gasteiger partial charge in [-0.3, -0.25) is 0 Å². The highest BCUT2D eigenvalue weighted by Crippen LogP contribution is 2.26. The zero-order valence-corrected chi connectivity index (χ0v) is 16.4. The van der Waals surface area contributed by atoms with E-state index in [0.29, 0.717) is 13.1 Å². The standard InChI is InChI=1S/C19H21BrClN3O/c1-14(15-6-2-3-7-16(15)20)22-19(25)24-12-10-23(11-13-24)18-9-5-4-8-17(18)21/h2-9,14H,10-13H2,1H3,(H,22,25). The quantitative estimate of drug-likeness (QED) is 0.778. The molecule has 0 bridgehead atoms. The van der Waals surface area contributed by atoms with E-state index < -0.39 is 0 Å². The van der Waals surface area contributed by atoms with Crippen LogP contribution in [0.25, 0.3) is 0 Å². The normalized spacial score (nSPS) is 15.8. The number of benzene rings is 2. The van der Waals surface area contributed by atoms with Gasteiger partial charge in [0.05, 0.1) is 16.8 Å². The van der Waals surface area contributed by atoms with Crippen molar-refractivity contribution in [3.8, 4) is 0 Å². The molecular weight excluding hydrogens is 402 g/mol. The summed E-state index contributed by atoms with van der Waals surface area (Å²) in [7, 11) is 0. The van der Waals surface area contributed by atoms with Gasteiger partial charge >= 0.3 is 6.03 Å². The molecule has 2 aromatic rings. The molecule has 6 heteroatoms. The molecule has 3 rings (SSSR count). The first-order valence-electron chi connectivity index (χ1n) is 8.35. The average molecular weight is 423 g/mol. The smallest absolute Gasteiger partial charge is 0.317 e. The first-order valence-corrected chi connectivity index (χ1v) is 9.52. The van der Waals surface area contributed by atoms with E-state index in [1.54, 1.807) is 0 Å². The van der Waals surface area contributed by atoms with Gasteiger partial charge in [-0.05, 0) is 30.7 Å². The summed E-state index contributed by atoms with van der Waals surface area (Å²) in [6, 6.07) is 15.7. The molecule has 1 N–H and O–H groups in total. The second kappa shape index (κ2) is 8.11. The Labute approximate surface area is 161 Å². The number of halogens is 2. The largest absolute Gasteiger partial charge is 0.367 e. The minimum atomic E-state index is -0.0512. The Kier molecular flexibility index (Phi) is 5.86. The lowest BCUT2D eigenvalue weighted by Gasteiger charge is -2.37. The average Bonchev–Trinajstić information content (AvgIpc) is 2.62. The molecule has 0 saturated carbocycles. The SMILES string of the molecule is CC(NC(=O)N1CCN(c2ccccc2Cl)CC1)c1ccccc1Br. The second-order valence-corrected chi connectivity index (χ2v) is 7.38. The summed E-state index contributed by atoms with van der Waals surface area (Å²) in [5.41, 5.74) is 2.11. The monoisotopic (exact) mass is 421 g/mol. The highest BCUT2D eigenvalue weighted by Gasteiger charge is 2.23. The van der Waals surface area contributed by atoms with Gasteiger partial charge in [-0.15, -0.1) is 0 Å². The first kappa shape index (κ1) is 18.1. The molecule has 132 valence electrons. The highest BCUT2D eigenvalue weighted by molar-refractivity contribution is 9.10. The maximum Gasteiger partial charge on any atom is 0.317 e. The second-order valence-electron chi connectivity index (χ2n) is 6.12. The third-order valence-corrected chi connectivity index (χ3v) is 5.51. The van der Waals surface area contributed by atoms with Crippen molar-refractivity contribution in [3.63, 3.8) is 0 Å². The molecule has 0 aliphatic carbocycles. The Bertz CT molecular complexity index is 747. The Morgan fingerprint density at radius 3 is 2.40 bits per heavy atom. The van der Waals surface area contributed by atoms with Crippen LogP contribution in [0, 0.1) is 0 Å². The number of amides is 2. The maximum atomic E-state index is 12.6. The van der Waals surface area contributed by atoms with E-state index in [4.69, 9.17) is 11.6 Å². The zero-order chi connectivity index (χ0) is 17.8. The number of carbonyl (C=O) groups is 1. The van der Waals surface area contributed by atoms with E-state index >= 15 is 0 Å². The van der Waals surface area contributed by atoms with Crippen molar-refractivity contribution in [3.05, 3.63) is 63.6 Å². The van der Waals surface area contributed by atoms with Crippen LogP contribution in [-0.4, -0.2) is 37.1 Å². The summed E-state index contributed by atoms with van der Waals surface area (Å²) in [6.45, 7) is 4.92. The Balaban J connectivity index is 1.57. The third kappa shape index (κ3) is 4.28. The van der Waals surface area contributed by atoms with Crippen LogP contribution in [0.4, 0.5) is 10.5 Å². The van der Waals surface area contributed by atoms with E-state index in [-0.39, 0.29) is 12.1 Å². The van der Waals surface area contributed by atoms with Crippen molar-refractivity contribution in [2.45, 2.75) is 13.0 Å². The van der Waals surface area contributed by atoms with Gasteiger partial charge in [0.1, 0.15) is 0 Å². The topological polar surface area (TPSA) is 35.6 Å². The van der Waals surface area contributed by atoms with Gasteiger partial charge in [-0.2, -0.15) is 0 Å². The molecule has 0 spiro atoms. The number of carbonyl (C=O) groups excluding carboxylic acids is 1. The summed E-state index contributed by atoms with van der Waals surface area (Å²) in [6.07, 6.45) is 0. The lowest BCUT2D eigenvalue weighted by Crippen LogP contribution is -2.52. The number of nitrogens with one attached hydrogen (secondary N) is 1. The predicted octanol–water partition coefficient (Wildman–Crippen LogP) is 4.70. The predicted molar refractivity (Wildman–Crippen MR) is 106 cm³/mol. The molecular formula is C19H21BrClN3O. The van der Waals surface area contributed by atoms with Gasteiger partial charge in [0, 0.05) is 30.7 Å². The van der Waals surface area contributed by atoms with Crippen LogP contribution in [0.5, 0.6) is 0 Å². The number of hydrogen-bond donors (Lipinski definition) is 1. The van der Waals surface area contributed by atoms with E-state index in [1.807, 2.05) is 60.4 Å². The molecule has 1 fully saturated rings. The van der Waals surface area contributed by atoms with Gasteiger partial charge in [0.2, 0.25) is 0 Å². The van der Waals surface area contributed by atoms with Crippen molar-refractivity contribution in [2.75, 3.05) is 31.1 Å². The molecule has 0 radical (unpaired) electrons. The van der Waals surface area contributed by atoms with E-state index in [1.165, 1.54) is 0 Å². The molecule has 0 aromatic heterocycles. The molecule has 1 aliphatic rings. The van der Waals surface area contributed by atoms with Gasteiger partial charge in [-0.25, -0.2) is 4.79 Å². The molecule has 1 atom stereocenters.